The molecule has 1 amide bonds. The number of carboxylic acids is 2. The Kier molecular flexibility index (Phi) is 9.71. The number of aliphatic carboxylic acids is 2. The number of hydrogen-bond acceptors (Lipinski definition) is 8. The Bertz CT molecular complexity index is 912. The van der Waals surface area contributed by atoms with E-state index in [1.54, 1.807) is 7.05 Å². The van der Waals surface area contributed by atoms with Crippen molar-refractivity contribution in [1.29, 1.82) is 5.41 Å². The molecule has 0 spiro atoms. The molecule has 3 N–H and O–H groups in total. The van der Waals surface area contributed by atoms with Crippen LogP contribution in [0, 0.1) is 17.2 Å². The third-order valence-electron chi connectivity index (χ3n) is 5.39. The molecule has 1 fully saturated rings. The molecule has 0 aliphatic heterocycles. The number of thioether (sulfide) groups is 1. The topological polar surface area (TPSA) is 154 Å². The second kappa shape index (κ2) is 12.2. The van der Waals surface area contributed by atoms with Crippen LogP contribution in [0.2, 0.25) is 0 Å². The van der Waals surface area contributed by atoms with E-state index < -0.39 is 25.2 Å². The number of likely N-dealkylation sites (N-methyl/N-ethyl adjacent to an activating group) is 1. The number of ether oxygens (including phenoxy) is 2. The summed E-state index contributed by atoms with van der Waals surface area (Å²) in [5.41, 5.74) is 0.176. The highest BCUT2D eigenvalue weighted by atomic mass is 32.2. The monoisotopic (exact) mass is 480 g/mol. The summed E-state index contributed by atoms with van der Waals surface area (Å²) in [5, 5.41) is 26.2. The van der Waals surface area contributed by atoms with E-state index in [2.05, 4.69) is 0 Å². The van der Waals surface area contributed by atoms with E-state index in [-0.39, 0.29) is 47.1 Å². The predicted octanol–water partition coefficient (Wildman–Crippen LogP) is 2.40. The maximum absolute atomic E-state index is 12.8. The summed E-state index contributed by atoms with van der Waals surface area (Å²) >= 11 is 1.43. The van der Waals surface area contributed by atoms with Crippen LogP contribution in [0.5, 0.6) is 11.5 Å². The molecule has 180 valence electrons. The average Bonchev–Trinajstić information content (AvgIpc) is 2.80. The van der Waals surface area contributed by atoms with E-state index in [0.29, 0.717) is 17.9 Å². The number of hydrogen-bond donors (Lipinski definition) is 3. The van der Waals surface area contributed by atoms with Gasteiger partial charge in [0.1, 0.15) is 0 Å². The molecule has 0 bridgehead atoms. The zero-order valence-corrected chi connectivity index (χ0v) is 19.4. The van der Waals surface area contributed by atoms with Gasteiger partial charge in [0.15, 0.2) is 30.5 Å². The Balaban J connectivity index is 2.03. The first-order chi connectivity index (χ1) is 15.6. The van der Waals surface area contributed by atoms with Crippen LogP contribution in [0.1, 0.15) is 36.0 Å². The van der Waals surface area contributed by atoms with E-state index in [1.165, 1.54) is 34.9 Å². The molecule has 1 aromatic rings. The van der Waals surface area contributed by atoms with Gasteiger partial charge in [0.25, 0.3) is 0 Å². The SMILES string of the molecule is CSC(=N)[C@H]1CC[C@H](C(=O)N(C)CC(=O)c2ccc(OCC(=O)O)c(OCC(=O)O)c2)CC1. The minimum absolute atomic E-state index is 0.00722. The zero-order chi connectivity index (χ0) is 24.5. The standard InChI is InChI=1S/C22H28N2O8S/c1-24(22(30)14-5-3-13(4-6-14)21(23)33-2)10-16(25)15-7-8-17(31-11-19(26)27)18(9-15)32-12-20(28)29/h7-9,13-14,23H,3-6,10-12H2,1-2H3,(H,26,27)(H,28,29)/t13-,14-. The third kappa shape index (κ3) is 7.77. The second-order valence-electron chi connectivity index (χ2n) is 7.76. The van der Waals surface area contributed by atoms with Gasteiger partial charge in [-0.15, -0.1) is 11.8 Å². The Hall–Kier alpha value is -3.08. The number of nitrogens with zero attached hydrogens (tertiary/aromatic N) is 1. The Labute approximate surface area is 195 Å². The number of Topliss-reactive ketones (excluding diaryl/α,β-unsaturated/α-hetero) is 1. The van der Waals surface area contributed by atoms with Crippen LogP contribution in [0.25, 0.3) is 0 Å². The summed E-state index contributed by atoms with van der Waals surface area (Å²) in [6, 6.07) is 4.02. The molecule has 0 atom stereocenters. The van der Waals surface area contributed by atoms with Gasteiger partial charge in [0, 0.05) is 24.4 Å². The fourth-order valence-corrected chi connectivity index (χ4v) is 4.23. The number of carboxylic acid groups (broad SMARTS) is 2. The normalized spacial score (nSPS) is 17.6. The highest BCUT2D eigenvalue weighted by Crippen LogP contribution is 2.33. The van der Waals surface area contributed by atoms with Crippen LogP contribution in [0.15, 0.2) is 18.2 Å². The molecule has 1 aliphatic rings. The summed E-state index contributed by atoms with van der Waals surface area (Å²) in [4.78, 5) is 48.5. The maximum atomic E-state index is 12.8. The van der Waals surface area contributed by atoms with E-state index in [0.717, 1.165) is 12.8 Å². The fraction of sp³-hybridized carbons (Fsp3) is 0.500. The van der Waals surface area contributed by atoms with Crippen LogP contribution in [0.3, 0.4) is 0 Å². The molecule has 1 aromatic carbocycles. The van der Waals surface area contributed by atoms with Gasteiger partial charge in [-0.3, -0.25) is 15.0 Å². The number of carbonyl (C=O) groups is 4. The summed E-state index contributed by atoms with van der Waals surface area (Å²) in [5.74, 6) is -3.05. The summed E-state index contributed by atoms with van der Waals surface area (Å²) in [6.45, 7) is -1.53. The maximum Gasteiger partial charge on any atom is 0.341 e. The van der Waals surface area contributed by atoms with E-state index in [4.69, 9.17) is 25.1 Å². The summed E-state index contributed by atoms with van der Waals surface area (Å²) in [7, 11) is 1.56. The largest absolute Gasteiger partial charge is 0.479 e. The van der Waals surface area contributed by atoms with Crippen molar-refractivity contribution in [3.63, 3.8) is 0 Å². The molecule has 33 heavy (non-hydrogen) atoms. The van der Waals surface area contributed by atoms with Crippen molar-refractivity contribution in [2.75, 3.05) is 33.1 Å². The molecule has 0 heterocycles. The Morgan fingerprint density at radius 2 is 1.55 bits per heavy atom. The predicted molar refractivity (Wildman–Crippen MR) is 121 cm³/mol. The molecular formula is C22H28N2O8S. The molecule has 1 aliphatic carbocycles. The lowest BCUT2D eigenvalue weighted by atomic mass is 9.82. The van der Waals surface area contributed by atoms with E-state index in [9.17, 15) is 19.2 Å². The summed E-state index contributed by atoms with van der Waals surface area (Å²) < 4.78 is 10.2. The van der Waals surface area contributed by atoms with Gasteiger partial charge in [-0.2, -0.15) is 0 Å². The molecule has 1 saturated carbocycles. The van der Waals surface area contributed by atoms with Gasteiger partial charge in [-0.05, 0) is 50.1 Å². The first-order valence-electron chi connectivity index (χ1n) is 10.4. The van der Waals surface area contributed by atoms with Crippen molar-refractivity contribution in [2.45, 2.75) is 25.7 Å². The smallest absolute Gasteiger partial charge is 0.341 e. The van der Waals surface area contributed by atoms with Gasteiger partial charge in [0.2, 0.25) is 5.91 Å². The van der Waals surface area contributed by atoms with E-state index >= 15 is 0 Å². The van der Waals surface area contributed by atoms with Gasteiger partial charge >= 0.3 is 11.9 Å². The highest BCUT2D eigenvalue weighted by Gasteiger charge is 2.30. The summed E-state index contributed by atoms with van der Waals surface area (Å²) in [6.07, 6.45) is 4.78. The van der Waals surface area contributed by atoms with Crippen molar-refractivity contribution in [2.24, 2.45) is 11.8 Å². The molecule has 0 saturated heterocycles. The van der Waals surface area contributed by atoms with Crippen LogP contribution in [-0.4, -0.2) is 76.8 Å². The van der Waals surface area contributed by atoms with Gasteiger partial charge in [-0.25, -0.2) is 9.59 Å². The van der Waals surface area contributed by atoms with E-state index in [1.807, 2.05) is 6.26 Å². The highest BCUT2D eigenvalue weighted by molar-refractivity contribution is 8.13. The molecule has 2 rings (SSSR count). The molecular weight excluding hydrogens is 452 g/mol. The number of benzene rings is 1. The van der Waals surface area contributed by atoms with Crippen molar-refractivity contribution in [3.8, 4) is 11.5 Å². The molecule has 0 aromatic heterocycles. The van der Waals surface area contributed by atoms with Crippen LogP contribution in [-0.2, 0) is 14.4 Å². The number of ketones is 1. The number of nitrogens with one attached hydrogen (secondary N) is 1. The quantitative estimate of drug-likeness (QED) is 0.246. The molecule has 11 heteroatoms. The molecule has 10 nitrogen and oxygen atoms in total. The van der Waals surface area contributed by atoms with Crippen LogP contribution < -0.4 is 9.47 Å². The number of rotatable bonds is 11. The zero-order valence-electron chi connectivity index (χ0n) is 18.5. The minimum Gasteiger partial charge on any atom is -0.479 e. The van der Waals surface area contributed by atoms with Gasteiger partial charge in [-0.1, -0.05) is 0 Å². The first kappa shape index (κ1) is 26.2. The molecule has 0 radical (unpaired) electrons. The lowest BCUT2D eigenvalue weighted by Gasteiger charge is -2.30. The average molecular weight is 481 g/mol. The van der Waals surface area contributed by atoms with Crippen LogP contribution >= 0.6 is 11.8 Å². The third-order valence-corrected chi connectivity index (χ3v) is 6.17. The van der Waals surface area contributed by atoms with Crippen molar-refractivity contribution >= 4 is 40.4 Å². The van der Waals surface area contributed by atoms with Crippen LogP contribution in [0.4, 0.5) is 0 Å². The lowest BCUT2D eigenvalue weighted by molar-refractivity contribution is -0.140. The lowest BCUT2D eigenvalue weighted by Crippen LogP contribution is -2.38. The molecule has 0 unspecified atom stereocenters. The Morgan fingerprint density at radius 1 is 1.00 bits per heavy atom. The number of amides is 1. The van der Waals surface area contributed by atoms with Gasteiger partial charge < -0.3 is 24.6 Å². The van der Waals surface area contributed by atoms with Crippen molar-refractivity contribution in [1.82, 2.24) is 4.90 Å². The number of carbonyl (C=O) groups excluding carboxylic acids is 2. The second-order valence-corrected chi connectivity index (χ2v) is 8.61. The first-order valence-corrected chi connectivity index (χ1v) is 11.6. The minimum atomic E-state index is -1.25. The fourth-order valence-electron chi connectivity index (χ4n) is 3.66. The van der Waals surface area contributed by atoms with Crippen molar-refractivity contribution in [3.05, 3.63) is 23.8 Å². The Morgan fingerprint density at radius 3 is 2.09 bits per heavy atom. The van der Waals surface area contributed by atoms with Crippen molar-refractivity contribution < 1.29 is 38.9 Å². The van der Waals surface area contributed by atoms with Gasteiger partial charge in [0.05, 0.1) is 11.6 Å².